The molecule has 0 spiro atoms. The first-order valence-corrected chi connectivity index (χ1v) is 15.3. The number of para-hydroxylation sites is 1. The highest BCUT2D eigenvalue weighted by Gasteiger charge is 2.36. The molecule has 4 N–H and O–H groups in total. The van der Waals surface area contributed by atoms with Crippen LogP contribution in [0.4, 0.5) is 4.79 Å². The number of carbonyl (C=O) groups is 5. The third-order valence-electron chi connectivity index (χ3n) is 8.46. The van der Waals surface area contributed by atoms with Gasteiger partial charge in [0.1, 0.15) is 12.1 Å². The molecule has 0 bridgehead atoms. The summed E-state index contributed by atoms with van der Waals surface area (Å²) in [6.07, 6.45) is 3.17. The maximum absolute atomic E-state index is 13.3. The minimum absolute atomic E-state index is 0.0493. The summed E-state index contributed by atoms with van der Waals surface area (Å²) >= 11 is 0. The predicted octanol–water partition coefficient (Wildman–Crippen LogP) is 0.214. The second kappa shape index (κ2) is 14.4. The number of carbonyl (C=O) groups excluding carboxylic acids is 4. The maximum Gasteiger partial charge on any atom is 0.407 e. The Morgan fingerprint density at radius 2 is 1.67 bits per heavy atom. The number of aromatic nitrogens is 2. The van der Waals surface area contributed by atoms with Gasteiger partial charge in [0.05, 0.1) is 5.69 Å². The fourth-order valence-corrected chi connectivity index (χ4v) is 5.70. The molecule has 3 fully saturated rings. The van der Waals surface area contributed by atoms with Crippen LogP contribution in [0.5, 0.6) is 5.88 Å². The molecule has 3 heterocycles. The average molecular weight is 626 g/mol. The SMILES string of the molecule is O=C(NC(CCO)C(=O)N1CCN(C(=O)O)CC1)c1cc(OCC(=O)N2CCCC2C(=O)NC2CCC2)n(-c2ccccc2)n1. The second-order valence-electron chi connectivity index (χ2n) is 11.4. The normalized spacial score (nSPS) is 19.0. The van der Waals surface area contributed by atoms with Gasteiger partial charge in [0.2, 0.25) is 17.7 Å². The molecule has 15 heteroatoms. The zero-order valence-electron chi connectivity index (χ0n) is 25.0. The van der Waals surface area contributed by atoms with Crippen LogP contribution >= 0.6 is 0 Å². The van der Waals surface area contributed by atoms with Gasteiger partial charge in [0, 0.05) is 51.4 Å². The maximum atomic E-state index is 13.3. The highest BCUT2D eigenvalue weighted by atomic mass is 16.5. The Kier molecular flexibility index (Phi) is 10.2. The molecule has 3 aliphatic rings. The van der Waals surface area contributed by atoms with Gasteiger partial charge in [-0.2, -0.15) is 5.10 Å². The Bertz CT molecular complexity index is 1390. The van der Waals surface area contributed by atoms with Gasteiger partial charge in [0.25, 0.3) is 11.8 Å². The first-order chi connectivity index (χ1) is 21.7. The lowest BCUT2D eigenvalue weighted by Crippen LogP contribution is -2.55. The van der Waals surface area contributed by atoms with Crippen molar-refractivity contribution in [3.63, 3.8) is 0 Å². The van der Waals surface area contributed by atoms with Crippen LogP contribution in [-0.2, 0) is 14.4 Å². The second-order valence-corrected chi connectivity index (χ2v) is 11.4. The quantitative estimate of drug-likeness (QED) is 0.271. The van der Waals surface area contributed by atoms with Gasteiger partial charge in [-0.1, -0.05) is 18.2 Å². The predicted molar refractivity (Wildman–Crippen MR) is 159 cm³/mol. The molecule has 5 amide bonds. The number of ether oxygens (including phenoxy) is 1. The third kappa shape index (κ3) is 7.53. The highest BCUT2D eigenvalue weighted by molar-refractivity contribution is 5.96. The molecule has 45 heavy (non-hydrogen) atoms. The van der Waals surface area contributed by atoms with E-state index in [1.165, 1.54) is 25.4 Å². The van der Waals surface area contributed by atoms with Gasteiger partial charge in [0.15, 0.2) is 12.3 Å². The molecule has 1 aromatic carbocycles. The fourth-order valence-electron chi connectivity index (χ4n) is 5.70. The summed E-state index contributed by atoms with van der Waals surface area (Å²) in [5.41, 5.74) is 0.490. The van der Waals surface area contributed by atoms with Crippen molar-refractivity contribution < 1.29 is 38.9 Å². The van der Waals surface area contributed by atoms with Crippen molar-refractivity contribution in [3.8, 4) is 11.6 Å². The molecular weight excluding hydrogens is 586 g/mol. The van der Waals surface area contributed by atoms with Crippen molar-refractivity contribution in [2.75, 3.05) is 45.9 Å². The molecule has 2 aliphatic heterocycles. The number of hydrogen-bond donors (Lipinski definition) is 4. The topological polar surface area (TPSA) is 187 Å². The molecule has 1 aromatic heterocycles. The van der Waals surface area contributed by atoms with Crippen molar-refractivity contribution in [1.82, 2.24) is 35.1 Å². The van der Waals surface area contributed by atoms with Gasteiger partial charge in [-0.05, 0) is 50.7 Å². The van der Waals surface area contributed by atoms with Crippen LogP contribution in [0.3, 0.4) is 0 Å². The van der Waals surface area contributed by atoms with E-state index in [9.17, 15) is 34.2 Å². The molecule has 2 atom stereocenters. The van der Waals surface area contributed by atoms with Crippen LogP contribution in [-0.4, -0.2) is 128 Å². The van der Waals surface area contributed by atoms with Gasteiger partial charge >= 0.3 is 6.09 Å². The Morgan fingerprint density at radius 1 is 0.956 bits per heavy atom. The zero-order chi connectivity index (χ0) is 31.9. The largest absolute Gasteiger partial charge is 0.467 e. The molecule has 5 rings (SSSR count). The number of aliphatic hydroxyl groups is 1. The smallest absolute Gasteiger partial charge is 0.407 e. The van der Waals surface area contributed by atoms with E-state index in [1.807, 2.05) is 6.07 Å². The Hall–Kier alpha value is -4.66. The molecule has 0 radical (unpaired) electrons. The van der Waals surface area contributed by atoms with Crippen LogP contribution in [0, 0.1) is 0 Å². The minimum atomic E-state index is -1.06. The molecule has 1 aliphatic carbocycles. The summed E-state index contributed by atoms with van der Waals surface area (Å²) in [7, 11) is 0. The Balaban J connectivity index is 1.27. The number of carboxylic acid groups (broad SMARTS) is 1. The van der Waals surface area contributed by atoms with Crippen LogP contribution in [0.15, 0.2) is 36.4 Å². The Labute approximate surface area is 260 Å². The zero-order valence-corrected chi connectivity index (χ0v) is 25.0. The number of nitrogens with one attached hydrogen (secondary N) is 2. The van der Waals surface area contributed by atoms with E-state index in [1.54, 1.807) is 24.3 Å². The van der Waals surface area contributed by atoms with Gasteiger partial charge in [-0.25, -0.2) is 9.48 Å². The molecule has 2 aromatic rings. The summed E-state index contributed by atoms with van der Waals surface area (Å²) < 4.78 is 7.27. The minimum Gasteiger partial charge on any atom is -0.467 e. The monoisotopic (exact) mass is 625 g/mol. The molecule has 15 nitrogen and oxygen atoms in total. The van der Waals surface area contributed by atoms with Crippen molar-refractivity contribution >= 4 is 29.7 Å². The van der Waals surface area contributed by atoms with E-state index in [0.717, 1.165) is 19.3 Å². The van der Waals surface area contributed by atoms with Gasteiger partial charge < -0.3 is 40.3 Å². The lowest BCUT2D eigenvalue weighted by molar-refractivity contribution is -0.140. The van der Waals surface area contributed by atoms with Crippen LogP contribution in [0.25, 0.3) is 5.69 Å². The third-order valence-corrected chi connectivity index (χ3v) is 8.46. The van der Waals surface area contributed by atoms with Gasteiger partial charge in [-0.3, -0.25) is 19.2 Å². The summed E-state index contributed by atoms with van der Waals surface area (Å²) in [5, 5.41) is 28.8. The molecule has 242 valence electrons. The summed E-state index contributed by atoms with van der Waals surface area (Å²) in [4.78, 5) is 68.0. The number of amides is 5. The number of piperazine rings is 1. The van der Waals surface area contributed by atoms with Crippen molar-refractivity contribution in [2.45, 2.75) is 56.7 Å². The number of aliphatic hydroxyl groups excluding tert-OH is 1. The van der Waals surface area contributed by atoms with Crippen molar-refractivity contribution in [2.24, 2.45) is 0 Å². The molecule has 1 saturated carbocycles. The number of hydrogen-bond acceptors (Lipinski definition) is 8. The van der Waals surface area contributed by atoms with E-state index in [2.05, 4.69) is 15.7 Å². The first kappa shape index (κ1) is 31.8. The van der Waals surface area contributed by atoms with Crippen LogP contribution in [0.2, 0.25) is 0 Å². The van der Waals surface area contributed by atoms with E-state index >= 15 is 0 Å². The summed E-state index contributed by atoms with van der Waals surface area (Å²) in [5.74, 6) is -1.51. The van der Waals surface area contributed by atoms with Crippen LogP contribution < -0.4 is 15.4 Å². The first-order valence-electron chi connectivity index (χ1n) is 15.3. The van der Waals surface area contributed by atoms with Gasteiger partial charge in [-0.15, -0.1) is 0 Å². The number of benzene rings is 1. The summed E-state index contributed by atoms with van der Waals surface area (Å²) in [6.45, 7) is 0.325. The molecular formula is C30H39N7O8. The number of likely N-dealkylation sites (tertiary alicyclic amines) is 1. The fraction of sp³-hybridized carbons (Fsp3) is 0.533. The van der Waals surface area contributed by atoms with Crippen molar-refractivity contribution in [1.29, 1.82) is 0 Å². The molecule has 2 saturated heterocycles. The van der Waals surface area contributed by atoms with Crippen LogP contribution in [0.1, 0.15) is 49.0 Å². The lowest BCUT2D eigenvalue weighted by Gasteiger charge is -2.35. The average Bonchev–Trinajstić information content (AvgIpc) is 3.70. The lowest BCUT2D eigenvalue weighted by atomic mass is 9.93. The number of nitrogens with zero attached hydrogens (tertiary/aromatic N) is 5. The van der Waals surface area contributed by atoms with E-state index in [4.69, 9.17) is 4.74 Å². The standard InChI is InChI=1S/C30H39N7O8/c38-17-11-22(29(42)34-13-15-35(16-14-34)30(43)44)32-27(40)23-18-26(37(33-23)21-8-2-1-3-9-21)45-19-25(39)36-12-5-10-24(36)28(41)31-20-6-4-7-20/h1-3,8-9,18,20,22,24,38H,4-7,10-17,19H2,(H,31,41)(H,32,40)(H,43,44). The van der Waals surface area contributed by atoms with E-state index < -0.39 is 30.0 Å². The van der Waals surface area contributed by atoms with Crippen molar-refractivity contribution in [3.05, 3.63) is 42.1 Å². The highest BCUT2D eigenvalue weighted by Crippen LogP contribution is 2.23. The summed E-state index contributed by atoms with van der Waals surface area (Å²) in [6, 6.07) is 8.80. The number of rotatable bonds is 11. The van der Waals surface area contributed by atoms with E-state index in [0.29, 0.717) is 25.1 Å². The van der Waals surface area contributed by atoms with E-state index in [-0.39, 0.29) is 75.2 Å². The molecule has 2 unspecified atom stereocenters. The Morgan fingerprint density at radius 3 is 2.31 bits per heavy atom.